The summed E-state index contributed by atoms with van der Waals surface area (Å²) < 4.78 is 9.48. The number of methoxy groups -OCH3 is 1. The molecule has 21 heavy (non-hydrogen) atoms. The maximum atomic E-state index is 12.0. The van der Waals surface area contributed by atoms with Gasteiger partial charge in [0.25, 0.3) is 0 Å². The molecular weight excluding hydrogens is 276 g/mol. The first kappa shape index (κ1) is 14.8. The van der Waals surface area contributed by atoms with Crippen molar-refractivity contribution in [3.8, 4) is 5.75 Å². The largest absolute Gasteiger partial charge is 0.506 e. The zero-order valence-corrected chi connectivity index (χ0v) is 11.4. The van der Waals surface area contributed by atoms with Gasteiger partial charge in [-0.25, -0.2) is 4.79 Å². The van der Waals surface area contributed by atoms with E-state index in [2.05, 4.69) is 4.74 Å². The average Bonchev–Trinajstić information content (AvgIpc) is 2.47. The summed E-state index contributed by atoms with van der Waals surface area (Å²) in [6.45, 7) is 0. The van der Waals surface area contributed by atoms with Crippen LogP contribution >= 0.6 is 0 Å². The molecule has 6 nitrogen and oxygen atoms in total. The molecular formula is C15H14O6. The van der Waals surface area contributed by atoms with Gasteiger partial charge in [0.1, 0.15) is 16.9 Å². The maximum absolute atomic E-state index is 12.0. The van der Waals surface area contributed by atoms with Crippen molar-refractivity contribution in [3.05, 3.63) is 40.2 Å². The Morgan fingerprint density at radius 2 is 1.95 bits per heavy atom. The summed E-state index contributed by atoms with van der Waals surface area (Å²) in [4.78, 5) is 34.8. The molecule has 6 heteroatoms. The highest BCUT2D eigenvalue weighted by Gasteiger charge is 2.20. The molecule has 0 aliphatic carbocycles. The van der Waals surface area contributed by atoms with Crippen LogP contribution in [0.2, 0.25) is 0 Å². The SMILES string of the molecule is COC(=O)CCCC(=O)c1c(O)c2ccccc2oc1=O. The predicted octanol–water partition coefficient (Wildman–Crippen LogP) is 2.02. The molecule has 0 radical (unpaired) electrons. The first-order chi connectivity index (χ1) is 10.0. The number of benzene rings is 1. The van der Waals surface area contributed by atoms with Crippen molar-refractivity contribution >= 4 is 22.7 Å². The molecule has 0 aliphatic rings. The van der Waals surface area contributed by atoms with E-state index < -0.39 is 17.4 Å². The van der Waals surface area contributed by atoms with E-state index in [9.17, 15) is 19.5 Å². The molecule has 110 valence electrons. The number of hydrogen-bond acceptors (Lipinski definition) is 6. The van der Waals surface area contributed by atoms with E-state index in [1.807, 2.05) is 0 Å². The molecule has 1 aromatic heterocycles. The molecule has 2 aromatic rings. The number of carbonyl (C=O) groups excluding carboxylic acids is 2. The number of esters is 1. The Kier molecular flexibility index (Phi) is 4.37. The van der Waals surface area contributed by atoms with E-state index in [4.69, 9.17) is 4.42 Å². The fourth-order valence-electron chi connectivity index (χ4n) is 2.00. The van der Waals surface area contributed by atoms with E-state index in [1.165, 1.54) is 13.2 Å². The lowest BCUT2D eigenvalue weighted by Crippen LogP contribution is -2.15. The van der Waals surface area contributed by atoms with Gasteiger partial charge in [0.15, 0.2) is 5.78 Å². The third-order valence-corrected chi connectivity index (χ3v) is 3.08. The van der Waals surface area contributed by atoms with E-state index in [0.29, 0.717) is 5.39 Å². The molecule has 0 aliphatic heterocycles. The number of ketones is 1. The summed E-state index contributed by atoms with van der Waals surface area (Å²) in [5.74, 6) is -1.38. The standard InChI is InChI=1S/C15H14O6/c1-20-12(17)8-4-6-10(16)13-14(18)9-5-2-3-7-11(9)21-15(13)19/h2-3,5,7,18H,4,6,8H2,1H3. The van der Waals surface area contributed by atoms with E-state index in [1.54, 1.807) is 18.2 Å². The van der Waals surface area contributed by atoms with Gasteiger partial charge in [0.05, 0.1) is 12.5 Å². The number of fused-ring (bicyclic) bond motifs is 1. The molecule has 0 atom stereocenters. The maximum Gasteiger partial charge on any atom is 0.351 e. The lowest BCUT2D eigenvalue weighted by atomic mass is 10.0. The monoisotopic (exact) mass is 290 g/mol. The summed E-state index contributed by atoms with van der Waals surface area (Å²) in [6.07, 6.45) is 0.255. The zero-order valence-electron chi connectivity index (χ0n) is 11.4. The Labute approximate surface area is 119 Å². The first-order valence-corrected chi connectivity index (χ1v) is 6.39. The van der Waals surface area contributed by atoms with Crippen molar-refractivity contribution in [1.29, 1.82) is 0 Å². The van der Waals surface area contributed by atoms with Crippen molar-refractivity contribution in [3.63, 3.8) is 0 Å². The van der Waals surface area contributed by atoms with Crippen LogP contribution in [0.15, 0.2) is 33.5 Å². The number of aromatic hydroxyl groups is 1. The lowest BCUT2D eigenvalue weighted by molar-refractivity contribution is -0.140. The van der Waals surface area contributed by atoms with Gasteiger partial charge in [-0.1, -0.05) is 12.1 Å². The van der Waals surface area contributed by atoms with Gasteiger partial charge < -0.3 is 14.3 Å². The van der Waals surface area contributed by atoms with Crippen LogP contribution in [-0.2, 0) is 9.53 Å². The van der Waals surface area contributed by atoms with Gasteiger partial charge >= 0.3 is 11.6 Å². The third-order valence-electron chi connectivity index (χ3n) is 3.08. The van der Waals surface area contributed by atoms with Crippen LogP contribution < -0.4 is 5.63 Å². The highest BCUT2D eigenvalue weighted by atomic mass is 16.5. The summed E-state index contributed by atoms with van der Waals surface area (Å²) >= 11 is 0. The highest BCUT2D eigenvalue weighted by molar-refractivity contribution is 6.02. The van der Waals surface area contributed by atoms with Crippen LogP contribution in [0.5, 0.6) is 5.75 Å². The minimum Gasteiger partial charge on any atom is -0.506 e. The summed E-state index contributed by atoms with van der Waals surface area (Å²) in [5, 5.41) is 10.4. The predicted molar refractivity (Wildman–Crippen MR) is 74.3 cm³/mol. The zero-order chi connectivity index (χ0) is 15.4. The fraction of sp³-hybridized carbons (Fsp3) is 0.267. The van der Waals surface area contributed by atoms with Gasteiger partial charge in [-0.15, -0.1) is 0 Å². The fourth-order valence-corrected chi connectivity index (χ4v) is 2.00. The van der Waals surface area contributed by atoms with Crippen LogP contribution in [0.25, 0.3) is 11.0 Å². The number of para-hydroxylation sites is 1. The highest BCUT2D eigenvalue weighted by Crippen LogP contribution is 2.26. The van der Waals surface area contributed by atoms with Crippen LogP contribution in [0, 0.1) is 0 Å². The molecule has 0 fully saturated rings. The topological polar surface area (TPSA) is 93.8 Å². The molecule has 1 aromatic carbocycles. The van der Waals surface area contributed by atoms with E-state index in [-0.39, 0.29) is 36.2 Å². The molecule has 2 rings (SSSR count). The Bertz CT molecular complexity index is 743. The van der Waals surface area contributed by atoms with Crippen LogP contribution in [0.3, 0.4) is 0 Å². The van der Waals surface area contributed by atoms with Crippen molar-refractivity contribution in [2.24, 2.45) is 0 Å². The number of ether oxygens (including phenoxy) is 1. The lowest BCUT2D eigenvalue weighted by Gasteiger charge is -2.05. The molecule has 0 saturated carbocycles. The van der Waals surface area contributed by atoms with E-state index in [0.717, 1.165) is 0 Å². The van der Waals surface area contributed by atoms with Gasteiger partial charge in [-0.2, -0.15) is 0 Å². The smallest absolute Gasteiger partial charge is 0.351 e. The summed E-state index contributed by atoms with van der Waals surface area (Å²) in [6, 6.07) is 6.40. The first-order valence-electron chi connectivity index (χ1n) is 6.39. The van der Waals surface area contributed by atoms with Gasteiger partial charge in [0.2, 0.25) is 0 Å². The minimum absolute atomic E-state index is 0.0498. The van der Waals surface area contributed by atoms with Crippen LogP contribution in [0.1, 0.15) is 29.6 Å². The second kappa shape index (κ2) is 6.21. The Morgan fingerprint density at radius 1 is 1.24 bits per heavy atom. The Balaban J connectivity index is 2.27. The van der Waals surface area contributed by atoms with Crippen molar-refractivity contribution in [2.45, 2.75) is 19.3 Å². The number of Topliss-reactive ketones (excluding diaryl/α,β-unsaturated/α-hetero) is 1. The quantitative estimate of drug-likeness (QED) is 0.514. The number of carbonyl (C=O) groups is 2. The van der Waals surface area contributed by atoms with Gasteiger partial charge in [0, 0.05) is 12.8 Å². The number of hydrogen-bond donors (Lipinski definition) is 1. The summed E-state index contributed by atoms with van der Waals surface area (Å²) in [7, 11) is 1.26. The summed E-state index contributed by atoms with van der Waals surface area (Å²) in [5.41, 5.74) is -1.04. The molecule has 0 spiro atoms. The second-order valence-electron chi connectivity index (χ2n) is 4.46. The van der Waals surface area contributed by atoms with E-state index >= 15 is 0 Å². The van der Waals surface area contributed by atoms with Gasteiger partial charge in [-0.05, 0) is 18.6 Å². The van der Waals surface area contributed by atoms with Crippen molar-refractivity contribution < 1.29 is 23.8 Å². The molecule has 1 N–H and O–H groups in total. The molecule has 1 heterocycles. The van der Waals surface area contributed by atoms with Crippen molar-refractivity contribution in [2.75, 3.05) is 7.11 Å². The third kappa shape index (κ3) is 3.10. The molecule has 0 amide bonds. The number of rotatable bonds is 5. The van der Waals surface area contributed by atoms with Crippen LogP contribution in [0.4, 0.5) is 0 Å². The molecule has 0 unspecified atom stereocenters. The minimum atomic E-state index is -0.880. The van der Waals surface area contributed by atoms with Crippen molar-refractivity contribution in [1.82, 2.24) is 0 Å². The Hall–Kier alpha value is -2.63. The van der Waals surface area contributed by atoms with Crippen LogP contribution in [-0.4, -0.2) is 24.0 Å². The second-order valence-corrected chi connectivity index (χ2v) is 4.46. The Morgan fingerprint density at radius 3 is 2.67 bits per heavy atom. The molecule has 0 bridgehead atoms. The normalized spacial score (nSPS) is 10.5. The average molecular weight is 290 g/mol. The van der Waals surface area contributed by atoms with Gasteiger partial charge in [-0.3, -0.25) is 9.59 Å². The molecule has 0 saturated heterocycles.